The van der Waals surface area contributed by atoms with E-state index < -0.39 is 0 Å². The highest BCUT2D eigenvalue weighted by Crippen LogP contribution is 2.21. The quantitative estimate of drug-likeness (QED) is 0.841. The minimum Gasteiger partial charge on any atom is -0.496 e. The third kappa shape index (κ3) is 3.92. The fourth-order valence-electron chi connectivity index (χ4n) is 2.49. The topological polar surface area (TPSA) is 58.8 Å². The first kappa shape index (κ1) is 15.7. The fraction of sp³-hybridized carbons (Fsp3) is 0.467. The van der Waals surface area contributed by atoms with Crippen LogP contribution in [0.4, 0.5) is 0 Å². The number of thiocarbonyl (C=S) groups is 1. The summed E-state index contributed by atoms with van der Waals surface area (Å²) in [5.41, 5.74) is 7.55. The predicted octanol–water partition coefficient (Wildman–Crippen LogP) is 0.993. The lowest BCUT2D eigenvalue weighted by Gasteiger charge is -2.20. The normalized spacial score (nSPS) is 16.7. The highest BCUT2D eigenvalue weighted by atomic mass is 32.1. The van der Waals surface area contributed by atoms with Crippen LogP contribution in [0.15, 0.2) is 18.2 Å². The van der Waals surface area contributed by atoms with E-state index in [1.807, 2.05) is 25.2 Å². The van der Waals surface area contributed by atoms with Crippen molar-refractivity contribution in [3.63, 3.8) is 0 Å². The van der Waals surface area contributed by atoms with Gasteiger partial charge in [0, 0.05) is 26.7 Å². The highest BCUT2D eigenvalue weighted by molar-refractivity contribution is 7.80. The van der Waals surface area contributed by atoms with Gasteiger partial charge in [-0.2, -0.15) is 0 Å². The van der Waals surface area contributed by atoms with E-state index in [0.29, 0.717) is 23.8 Å². The second kappa shape index (κ2) is 6.87. The van der Waals surface area contributed by atoms with E-state index in [1.54, 1.807) is 12.0 Å². The standard InChI is InChI=1S/C15H21N3O2S/c1-17-6-3-7-18(10-14(17)19)9-11-4-5-13(20-2)12(8-11)15(16)21/h4-5,8H,3,6-7,9-10H2,1-2H3,(H2,16,21). The van der Waals surface area contributed by atoms with E-state index in [2.05, 4.69) is 4.90 Å². The molecule has 5 nitrogen and oxygen atoms in total. The summed E-state index contributed by atoms with van der Waals surface area (Å²) in [6.07, 6.45) is 0.987. The number of ether oxygens (including phenoxy) is 1. The molecular weight excluding hydrogens is 286 g/mol. The molecule has 0 saturated carbocycles. The van der Waals surface area contributed by atoms with Crippen molar-refractivity contribution in [1.29, 1.82) is 0 Å². The van der Waals surface area contributed by atoms with Gasteiger partial charge < -0.3 is 15.4 Å². The molecule has 0 bridgehead atoms. The van der Waals surface area contributed by atoms with Crippen molar-refractivity contribution in [1.82, 2.24) is 9.80 Å². The Morgan fingerprint density at radius 1 is 1.43 bits per heavy atom. The van der Waals surface area contributed by atoms with Crippen LogP contribution in [-0.2, 0) is 11.3 Å². The average Bonchev–Trinajstić information content (AvgIpc) is 2.61. The molecule has 21 heavy (non-hydrogen) atoms. The first-order valence-corrected chi connectivity index (χ1v) is 7.35. The van der Waals surface area contributed by atoms with Crippen molar-refractivity contribution < 1.29 is 9.53 Å². The van der Waals surface area contributed by atoms with Crippen molar-refractivity contribution >= 4 is 23.1 Å². The third-order valence-corrected chi connectivity index (χ3v) is 3.91. The van der Waals surface area contributed by atoms with E-state index in [0.717, 1.165) is 30.6 Å². The van der Waals surface area contributed by atoms with Crippen LogP contribution < -0.4 is 10.5 Å². The molecule has 1 saturated heterocycles. The number of methoxy groups -OCH3 is 1. The number of carbonyl (C=O) groups excluding carboxylic acids is 1. The molecule has 6 heteroatoms. The van der Waals surface area contributed by atoms with Crippen LogP contribution >= 0.6 is 12.2 Å². The molecule has 0 atom stereocenters. The summed E-state index contributed by atoms with van der Waals surface area (Å²) in [6, 6.07) is 5.80. The number of amides is 1. The number of likely N-dealkylation sites (N-methyl/N-ethyl adjacent to an activating group) is 1. The molecule has 0 radical (unpaired) electrons. The van der Waals surface area contributed by atoms with Crippen molar-refractivity contribution in [2.24, 2.45) is 5.73 Å². The van der Waals surface area contributed by atoms with E-state index >= 15 is 0 Å². The number of carbonyl (C=O) groups is 1. The Kier molecular flexibility index (Phi) is 5.14. The van der Waals surface area contributed by atoms with Crippen molar-refractivity contribution in [3.05, 3.63) is 29.3 Å². The maximum Gasteiger partial charge on any atom is 0.236 e. The molecule has 0 unspecified atom stereocenters. The van der Waals surface area contributed by atoms with E-state index in [1.165, 1.54) is 0 Å². The minimum atomic E-state index is 0.163. The van der Waals surface area contributed by atoms with Gasteiger partial charge in [-0.3, -0.25) is 9.69 Å². The Balaban J connectivity index is 2.14. The lowest BCUT2D eigenvalue weighted by atomic mass is 10.1. The van der Waals surface area contributed by atoms with Gasteiger partial charge in [-0.15, -0.1) is 0 Å². The molecule has 1 fully saturated rings. The van der Waals surface area contributed by atoms with E-state index in [9.17, 15) is 4.79 Å². The van der Waals surface area contributed by atoms with Crippen LogP contribution in [0.3, 0.4) is 0 Å². The third-order valence-electron chi connectivity index (χ3n) is 3.69. The summed E-state index contributed by atoms with van der Waals surface area (Å²) in [5, 5.41) is 0. The fourth-order valence-corrected chi connectivity index (χ4v) is 2.65. The molecule has 0 spiro atoms. The Bertz CT molecular complexity index is 548. The Morgan fingerprint density at radius 2 is 2.19 bits per heavy atom. The highest BCUT2D eigenvalue weighted by Gasteiger charge is 2.19. The number of nitrogens with two attached hydrogens (primary N) is 1. The van der Waals surface area contributed by atoms with Gasteiger partial charge in [-0.25, -0.2) is 0 Å². The summed E-state index contributed by atoms with van der Waals surface area (Å²) < 4.78 is 5.26. The van der Waals surface area contributed by atoms with Crippen molar-refractivity contribution in [2.75, 3.05) is 33.8 Å². The van der Waals surface area contributed by atoms with Gasteiger partial charge in [0.15, 0.2) is 0 Å². The van der Waals surface area contributed by atoms with Gasteiger partial charge in [0.25, 0.3) is 0 Å². The van der Waals surface area contributed by atoms with Gasteiger partial charge in [-0.1, -0.05) is 18.3 Å². The van der Waals surface area contributed by atoms with E-state index in [4.69, 9.17) is 22.7 Å². The van der Waals surface area contributed by atoms with Crippen molar-refractivity contribution in [3.8, 4) is 5.75 Å². The molecule has 1 amide bonds. The Hall–Kier alpha value is -1.66. The molecule has 2 N–H and O–H groups in total. The summed E-state index contributed by atoms with van der Waals surface area (Å²) >= 11 is 5.06. The monoisotopic (exact) mass is 307 g/mol. The molecule has 0 aromatic heterocycles. The second-order valence-electron chi connectivity index (χ2n) is 5.28. The predicted molar refractivity (Wildman–Crippen MR) is 86.4 cm³/mol. The van der Waals surface area contributed by atoms with Gasteiger partial charge >= 0.3 is 0 Å². The van der Waals surface area contributed by atoms with Crippen LogP contribution in [0.2, 0.25) is 0 Å². The molecule has 1 aliphatic rings. The van der Waals surface area contributed by atoms with Crippen LogP contribution in [-0.4, -0.2) is 54.5 Å². The lowest BCUT2D eigenvalue weighted by molar-refractivity contribution is -0.129. The molecule has 1 aromatic carbocycles. The van der Waals surface area contributed by atoms with Gasteiger partial charge in [-0.05, 0) is 24.1 Å². The van der Waals surface area contributed by atoms with Gasteiger partial charge in [0.1, 0.15) is 10.7 Å². The van der Waals surface area contributed by atoms with Gasteiger partial charge in [0.05, 0.1) is 19.2 Å². The summed E-state index contributed by atoms with van der Waals surface area (Å²) in [6.45, 7) is 2.88. The average molecular weight is 307 g/mol. The summed E-state index contributed by atoms with van der Waals surface area (Å²) in [4.78, 5) is 16.2. The molecule has 1 aliphatic heterocycles. The number of nitrogens with zero attached hydrogens (tertiary/aromatic N) is 2. The molecule has 2 rings (SSSR count). The first-order valence-electron chi connectivity index (χ1n) is 6.94. The smallest absolute Gasteiger partial charge is 0.236 e. The van der Waals surface area contributed by atoms with Crippen LogP contribution in [0.1, 0.15) is 17.5 Å². The molecular formula is C15H21N3O2S. The second-order valence-corrected chi connectivity index (χ2v) is 5.72. The Labute approximate surface area is 130 Å². The van der Waals surface area contributed by atoms with Crippen LogP contribution in [0.5, 0.6) is 5.75 Å². The molecule has 0 aliphatic carbocycles. The summed E-state index contributed by atoms with van der Waals surface area (Å²) in [7, 11) is 3.45. The molecule has 1 heterocycles. The first-order chi connectivity index (χ1) is 10.0. The van der Waals surface area contributed by atoms with Crippen LogP contribution in [0.25, 0.3) is 0 Å². The zero-order valence-corrected chi connectivity index (χ0v) is 13.3. The van der Waals surface area contributed by atoms with E-state index in [-0.39, 0.29) is 5.91 Å². The van der Waals surface area contributed by atoms with Crippen molar-refractivity contribution in [2.45, 2.75) is 13.0 Å². The number of benzene rings is 1. The Morgan fingerprint density at radius 3 is 2.86 bits per heavy atom. The molecule has 1 aromatic rings. The maximum atomic E-state index is 11.9. The molecule has 114 valence electrons. The number of rotatable bonds is 4. The summed E-state index contributed by atoms with van der Waals surface area (Å²) in [5.74, 6) is 0.841. The van der Waals surface area contributed by atoms with Gasteiger partial charge in [0.2, 0.25) is 5.91 Å². The SMILES string of the molecule is COc1ccc(CN2CCCN(C)C(=O)C2)cc1C(N)=S. The number of hydrogen-bond acceptors (Lipinski definition) is 4. The lowest BCUT2D eigenvalue weighted by Crippen LogP contribution is -2.34. The minimum absolute atomic E-state index is 0.163. The van der Waals surface area contributed by atoms with Crippen LogP contribution in [0, 0.1) is 0 Å². The maximum absolute atomic E-state index is 11.9. The zero-order chi connectivity index (χ0) is 15.4. The zero-order valence-electron chi connectivity index (χ0n) is 12.5. The largest absolute Gasteiger partial charge is 0.496 e. The number of hydrogen-bond donors (Lipinski definition) is 1.